The zero-order valence-corrected chi connectivity index (χ0v) is 10.6. The normalized spacial score (nSPS) is 10.8. The lowest BCUT2D eigenvalue weighted by atomic mass is 10.4. The van der Waals surface area contributed by atoms with E-state index in [9.17, 15) is 4.79 Å². The van der Waals surface area contributed by atoms with Crippen molar-refractivity contribution in [1.29, 1.82) is 0 Å². The fraction of sp³-hybridized carbons (Fsp3) is 0.600. The second-order valence-corrected chi connectivity index (χ2v) is 4.94. The Balaban J connectivity index is 2.50. The number of rotatable bonds is 6. The summed E-state index contributed by atoms with van der Waals surface area (Å²) in [4.78, 5) is 17.7. The van der Waals surface area contributed by atoms with Gasteiger partial charge < -0.3 is 15.4 Å². The molecular weight excluding hydrogens is 226 g/mol. The summed E-state index contributed by atoms with van der Waals surface area (Å²) in [5, 5.41) is 0.788. The van der Waals surface area contributed by atoms with Crippen LogP contribution in [-0.4, -0.2) is 43.0 Å². The molecule has 5 nitrogen and oxygen atoms in total. The molecule has 0 aliphatic carbocycles. The minimum absolute atomic E-state index is 0.369. The molecule has 2 N–H and O–H groups in total. The summed E-state index contributed by atoms with van der Waals surface area (Å²) < 4.78 is 5.44. The lowest BCUT2D eigenvalue weighted by Gasteiger charge is -2.09. The van der Waals surface area contributed by atoms with E-state index < -0.39 is 5.91 Å². The van der Waals surface area contributed by atoms with E-state index in [1.807, 2.05) is 21.0 Å². The Morgan fingerprint density at radius 2 is 2.25 bits per heavy atom. The molecule has 1 heterocycles. The van der Waals surface area contributed by atoms with E-state index in [0.29, 0.717) is 17.4 Å². The van der Waals surface area contributed by atoms with Gasteiger partial charge in [0.05, 0.1) is 11.6 Å². The molecule has 0 fully saturated rings. The number of aromatic nitrogens is 1. The molecule has 1 aromatic rings. The van der Waals surface area contributed by atoms with Crippen LogP contribution in [0.5, 0.6) is 5.88 Å². The molecule has 6 heteroatoms. The Hall–Kier alpha value is -1.14. The van der Waals surface area contributed by atoms with E-state index in [4.69, 9.17) is 10.5 Å². The third-order valence-electron chi connectivity index (χ3n) is 1.92. The average Bonchev–Trinajstić information content (AvgIpc) is 2.54. The number of amides is 1. The highest BCUT2D eigenvalue weighted by Crippen LogP contribution is 2.24. The minimum atomic E-state index is -0.479. The number of carbonyl (C=O) groups excluding carboxylic acids is 1. The lowest BCUT2D eigenvalue weighted by Crippen LogP contribution is -2.16. The van der Waals surface area contributed by atoms with Crippen molar-refractivity contribution >= 4 is 17.2 Å². The van der Waals surface area contributed by atoms with Crippen LogP contribution in [0, 0.1) is 6.92 Å². The van der Waals surface area contributed by atoms with E-state index in [-0.39, 0.29) is 0 Å². The predicted molar refractivity (Wildman–Crippen MR) is 64.0 cm³/mol. The second kappa shape index (κ2) is 5.81. The summed E-state index contributed by atoms with van der Waals surface area (Å²) in [6.07, 6.45) is 0.891. The third-order valence-corrected chi connectivity index (χ3v) is 2.88. The highest BCUT2D eigenvalue weighted by atomic mass is 32.1. The predicted octanol–water partition coefficient (Wildman–Crippen LogP) is 0.881. The maximum atomic E-state index is 11.1. The molecule has 0 radical (unpaired) electrons. The summed E-state index contributed by atoms with van der Waals surface area (Å²) in [5.74, 6) is -0.109. The Morgan fingerprint density at radius 1 is 1.56 bits per heavy atom. The standard InChI is InChI=1S/C10H17N3O2S/c1-7-12-10(8(16-7)9(11)14)15-6-4-5-13(2)3/h4-6H2,1-3H3,(H2,11,14). The fourth-order valence-electron chi connectivity index (χ4n) is 1.21. The van der Waals surface area contributed by atoms with E-state index in [1.54, 1.807) is 0 Å². The van der Waals surface area contributed by atoms with Gasteiger partial charge in [0, 0.05) is 6.54 Å². The SMILES string of the molecule is Cc1nc(OCCCN(C)C)c(C(N)=O)s1. The molecule has 0 saturated heterocycles. The summed E-state index contributed by atoms with van der Waals surface area (Å²) in [6.45, 7) is 3.31. The van der Waals surface area contributed by atoms with Gasteiger partial charge in [-0.05, 0) is 27.4 Å². The molecule has 0 spiro atoms. The van der Waals surface area contributed by atoms with Crippen molar-refractivity contribution in [3.63, 3.8) is 0 Å². The van der Waals surface area contributed by atoms with Crippen LogP contribution >= 0.6 is 11.3 Å². The zero-order chi connectivity index (χ0) is 12.1. The summed E-state index contributed by atoms with van der Waals surface area (Å²) in [7, 11) is 4.00. The molecule has 1 rings (SSSR count). The number of nitrogens with zero attached hydrogens (tertiary/aromatic N) is 2. The molecule has 90 valence electrons. The molecule has 0 atom stereocenters. The van der Waals surface area contributed by atoms with Crippen LogP contribution in [0.3, 0.4) is 0 Å². The summed E-state index contributed by atoms with van der Waals surface area (Å²) in [5.41, 5.74) is 5.22. The minimum Gasteiger partial charge on any atom is -0.476 e. The van der Waals surface area contributed by atoms with E-state index >= 15 is 0 Å². The van der Waals surface area contributed by atoms with Gasteiger partial charge in [-0.1, -0.05) is 0 Å². The number of ether oxygens (including phenoxy) is 1. The van der Waals surface area contributed by atoms with Crippen molar-refractivity contribution in [2.75, 3.05) is 27.2 Å². The van der Waals surface area contributed by atoms with Crippen molar-refractivity contribution in [2.45, 2.75) is 13.3 Å². The summed E-state index contributed by atoms with van der Waals surface area (Å²) in [6, 6.07) is 0. The zero-order valence-electron chi connectivity index (χ0n) is 9.82. The number of aryl methyl sites for hydroxylation is 1. The molecule has 0 unspecified atom stereocenters. The van der Waals surface area contributed by atoms with Gasteiger partial charge in [-0.2, -0.15) is 0 Å². The number of nitrogens with two attached hydrogens (primary N) is 1. The third kappa shape index (κ3) is 3.79. The Labute approximate surface area is 99.2 Å². The maximum absolute atomic E-state index is 11.1. The van der Waals surface area contributed by atoms with Crippen molar-refractivity contribution in [2.24, 2.45) is 5.73 Å². The molecule has 0 aliphatic heterocycles. The molecule has 1 amide bonds. The van der Waals surface area contributed by atoms with Crippen LogP contribution in [0.4, 0.5) is 0 Å². The van der Waals surface area contributed by atoms with Gasteiger partial charge in [0.2, 0.25) is 5.88 Å². The van der Waals surface area contributed by atoms with Gasteiger partial charge in [-0.25, -0.2) is 4.98 Å². The van der Waals surface area contributed by atoms with Gasteiger partial charge >= 0.3 is 0 Å². The Kier molecular flexibility index (Phi) is 4.70. The van der Waals surface area contributed by atoms with Crippen LogP contribution in [0.25, 0.3) is 0 Å². The molecular formula is C10H17N3O2S. The van der Waals surface area contributed by atoms with Gasteiger partial charge in [-0.3, -0.25) is 4.79 Å². The van der Waals surface area contributed by atoms with Gasteiger partial charge in [0.15, 0.2) is 4.88 Å². The first-order valence-corrected chi connectivity index (χ1v) is 5.87. The van der Waals surface area contributed by atoms with Crippen LogP contribution in [0.15, 0.2) is 0 Å². The van der Waals surface area contributed by atoms with Gasteiger partial charge in [-0.15, -0.1) is 11.3 Å². The van der Waals surface area contributed by atoms with Crippen LogP contribution in [-0.2, 0) is 0 Å². The molecule has 16 heavy (non-hydrogen) atoms. The number of hydrogen-bond donors (Lipinski definition) is 1. The van der Waals surface area contributed by atoms with Crippen LogP contribution in [0.2, 0.25) is 0 Å². The number of thiazole rings is 1. The molecule has 0 bridgehead atoms. The second-order valence-electron chi connectivity index (χ2n) is 3.74. The van der Waals surface area contributed by atoms with E-state index in [2.05, 4.69) is 9.88 Å². The lowest BCUT2D eigenvalue weighted by molar-refractivity contribution is 0.1000. The van der Waals surface area contributed by atoms with Crippen molar-refractivity contribution in [3.05, 3.63) is 9.88 Å². The Bertz CT molecular complexity index is 363. The number of hydrogen-bond acceptors (Lipinski definition) is 5. The van der Waals surface area contributed by atoms with Crippen molar-refractivity contribution in [1.82, 2.24) is 9.88 Å². The molecule has 0 saturated carbocycles. The maximum Gasteiger partial charge on any atom is 0.264 e. The molecule has 1 aromatic heterocycles. The number of carbonyl (C=O) groups is 1. The fourth-order valence-corrected chi connectivity index (χ4v) is 1.93. The first kappa shape index (κ1) is 12.9. The molecule has 0 aliphatic rings. The molecule has 0 aromatic carbocycles. The highest BCUT2D eigenvalue weighted by Gasteiger charge is 2.15. The van der Waals surface area contributed by atoms with E-state index in [0.717, 1.165) is 18.0 Å². The monoisotopic (exact) mass is 243 g/mol. The smallest absolute Gasteiger partial charge is 0.264 e. The Morgan fingerprint density at radius 3 is 2.81 bits per heavy atom. The number of primary amides is 1. The average molecular weight is 243 g/mol. The topological polar surface area (TPSA) is 68.4 Å². The van der Waals surface area contributed by atoms with Gasteiger partial charge in [0.1, 0.15) is 0 Å². The van der Waals surface area contributed by atoms with E-state index in [1.165, 1.54) is 11.3 Å². The largest absolute Gasteiger partial charge is 0.476 e. The highest BCUT2D eigenvalue weighted by molar-refractivity contribution is 7.13. The van der Waals surface area contributed by atoms with Crippen LogP contribution in [0.1, 0.15) is 21.1 Å². The van der Waals surface area contributed by atoms with Gasteiger partial charge in [0.25, 0.3) is 5.91 Å². The van der Waals surface area contributed by atoms with Crippen molar-refractivity contribution in [3.8, 4) is 5.88 Å². The quantitative estimate of drug-likeness (QED) is 0.753. The first-order valence-electron chi connectivity index (χ1n) is 5.05. The van der Waals surface area contributed by atoms with Crippen molar-refractivity contribution < 1.29 is 9.53 Å². The van der Waals surface area contributed by atoms with Crippen LogP contribution < -0.4 is 10.5 Å². The first-order chi connectivity index (χ1) is 7.50. The summed E-state index contributed by atoms with van der Waals surface area (Å²) >= 11 is 1.27.